The molecule has 0 aliphatic carbocycles. The van der Waals surface area contributed by atoms with E-state index in [1.54, 1.807) is 6.08 Å². The molecule has 0 N–H and O–H groups in total. The average Bonchev–Trinajstić information content (AvgIpc) is 2.97. The second-order valence-corrected chi connectivity index (χ2v) is 6.67. The Kier molecular flexibility index (Phi) is 5.05. The summed E-state index contributed by atoms with van der Waals surface area (Å²) < 4.78 is 5.89. The lowest BCUT2D eigenvalue weighted by molar-refractivity contribution is -0.127. The first-order valence-corrected chi connectivity index (χ1v) is 8.74. The molecule has 0 radical (unpaired) electrons. The molecular weight excluding hydrogens is 300 g/mol. The quantitative estimate of drug-likeness (QED) is 0.806. The number of rotatable bonds is 4. The second-order valence-electron chi connectivity index (χ2n) is 6.67. The predicted molar refractivity (Wildman–Crippen MR) is 97.9 cm³/mol. The Morgan fingerprint density at radius 1 is 1.38 bits per heavy atom. The van der Waals surface area contributed by atoms with Crippen LogP contribution in [0.2, 0.25) is 0 Å². The molecule has 128 valence electrons. The summed E-state index contributed by atoms with van der Waals surface area (Å²) in [7, 11) is 4.17. The lowest BCUT2D eigenvalue weighted by Crippen LogP contribution is -2.47. The van der Waals surface area contributed by atoms with Gasteiger partial charge in [0.05, 0.1) is 0 Å². The first kappa shape index (κ1) is 16.8. The number of benzene rings is 1. The highest BCUT2D eigenvalue weighted by Crippen LogP contribution is 2.27. The molecule has 1 fully saturated rings. The zero-order valence-corrected chi connectivity index (χ0v) is 14.8. The van der Waals surface area contributed by atoms with E-state index in [9.17, 15) is 4.79 Å². The number of para-hydroxylation sites is 1. The van der Waals surface area contributed by atoms with Crippen LogP contribution in [0.25, 0.3) is 17.0 Å². The van der Waals surface area contributed by atoms with E-state index >= 15 is 0 Å². The van der Waals surface area contributed by atoms with E-state index in [0.717, 1.165) is 54.6 Å². The van der Waals surface area contributed by atoms with Gasteiger partial charge in [-0.15, -0.1) is 0 Å². The Morgan fingerprint density at radius 3 is 2.92 bits per heavy atom. The summed E-state index contributed by atoms with van der Waals surface area (Å²) in [6.07, 6.45) is 6.67. The molecule has 1 aliphatic rings. The first-order valence-electron chi connectivity index (χ1n) is 8.74. The van der Waals surface area contributed by atoms with Crippen molar-refractivity contribution in [2.45, 2.75) is 32.2 Å². The van der Waals surface area contributed by atoms with Crippen LogP contribution in [0.15, 0.2) is 34.8 Å². The maximum Gasteiger partial charge on any atom is 0.246 e. The van der Waals surface area contributed by atoms with Gasteiger partial charge < -0.3 is 14.2 Å². The number of likely N-dealkylation sites (N-methyl/N-ethyl adjacent to an activating group) is 1. The van der Waals surface area contributed by atoms with E-state index < -0.39 is 0 Å². The Labute approximate surface area is 143 Å². The molecule has 0 bridgehead atoms. The molecule has 2 heterocycles. The number of nitrogens with zero attached hydrogens (tertiary/aromatic N) is 2. The van der Waals surface area contributed by atoms with Crippen LogP contribution >= 0.6 is 0 Å². The zero-order chi connectivity index (χ0) is 17.1. The number of fused-ring (bicyclic) bond motifs is 1. The SMILES string of the molecule is CCc1oc2ccccc2c1/C=C/C(=O)N1CCCC(N(C)C)C1. The number of amides is 1. The molecule has 1 atom stereocenters. The van der Waals surface area contributed by atoms with Gasteiger partial charge in [-0.2, -0.15) is 0 Å². The smallest absolute Gasteiger partial charge is 0.246 e. The number of likely N-dealkylation sites (tertiary alicyclic amines) is 1. The van der Waals surface area contributed by atoms with Crippen LogP contribution in [0, 0.1) is 0 Å². The van der Waals surface area contributed by atoms with Crippen LogP contribution in [-0.4, -0.2) is 48.9 Å². The maximum atomic E-state index is 12.6. The number of hydrogen-bond acceptors (Lipinski definition) is 3. The molecule has 3 rings (SSSR count). The molecule has 1 saturated heterocycles. The van der Waals surface area contributed by atoms with Gasteiger partial charge in [0.15, 0.2) is 0 Å². The topological polar surface area (TPSA) is 36.7 Å². The summed E-state index contributed by atoms with van der Waals surface area (Å²) in [5.41, 5.74) is 1.91. The standard InChI is InChI=1S/C20H26N2O2/c1-4-18-17(16-9-5-6-10-19(16)24-18)11-12-20(23)22-13-7-8-15(14-22)21(2)3/h5-6,9-12,15H,4,7-8,13-14H2,1-3H3/b12-11+. The molecule has 1 aliphatic heterocycles. The summed E-state index contributed by atoms with van der Waals surface area (Å²) in [5.74, 6) is 1.03. The summed E-state index contributed by atoms with van der Waals surface area (Å²) in [6, 6.07) is 8.45. The van der Waals surface area contributed by atoms with Crippen molar-refractivity contribution in [3.63, 3.8) is 0 Å². The number of aryl methyl sites for hydroxylation is 1. The van der Waals surface area contributed by atoms with Crippen LogP contribution in [0.5, 0.6) is 0 Å². The molecule has 24 heavy (non-hydrogen) atoms. The van der Waals surface area contributed by atoms with Gasteiger partial charge in [-0.05, 0) is 39.1 Å². The van der Waals surface area contributed by atoms with Crippen molar-refractivity contribution in [3.8, 4) is 0 Å². The van der Waals surface area contributed by atoms with Crippen molar-refractivity contribution in [1.82, 2.24) is 9.80 Å². The summed E-state index contributed by atoms with van der Waals surface area (Å²) in [4.78, 5) is 16.8. The molecule has 2 aromatic rings. The second kappa shape index (κ2) is 7.22. The molecule has 1 aromatic carbocycles. The largest absolute Gasteiger partial charge is 0.460 e. The molecule has 1 unspecified atom stereocenters. The summed E-state index contributed by atoms with van der Waals surface area (Å²) >= 11 is 0. The predicted octanol–water partition coefficient (Wildman–Crippen LogP) is 3.56. The van der Waals surface area contributed by atoms with Gasteiger partial charge in [0, 0.05) is 42.6 Å². The first-order chi connectivity index (χ1) is 11.6. The fraction of sp³-hybridized carbons (Fsp3) is 0.450. The Hall–Kier alpha value is -2.07. The third-order valence-corrected chi connectivity index (χ3v) is 4.86. The van der Waals surface area contributed by atoms with Crippen LogP contribution in [0.4, 0.5) is 0 Å². The molecule has 0 saturated carbocycles. The fourth-order valence-electron chi connectivity index (χ4n) is 3.40. The fourth-order valence-corrected chi connectivity index (χ4v) is 3.40. The third-order valence-electron chi connectivity index (χ3n) is 4.86. The van der Waals surface area contributed by atoms with Crippen LogP contribution < -0.4 is 0 Å². The van der Waals surface area contributed by atoms with E-state index in [2.05, 4.69) is 25.9 Å². The van der Waals surface area contributed by atoms with Gasteiger partial charge in [-0.25, -0.2) is 0 Å². The highest BCUT2D eigenvalue weighted by molar-refractivity contribution is 5.96. The number of furan rings is 1. The van der Waals surface area contributed by atoms with Crippen molar-refractivity contribution in [2.24, 2.45) is 0 Å². The lowest BCUT2D eigenvalue weighted by atomic mass is 10.0. The molecular formula is C20H26N2O2. The average molecular weight is 326 g/mol. The number of carbonyl (C=O) groups excluding carboxylic acids is 1. The minimum atomic E-state index is 0.0916. The highest BCUT2D eigenvalue weighted by atomic mass is 16.3. The maximum absolute atomic E-state index is 12.6. The van der Waals surface area contributed by atoms with Gasteiger partial charge in [0.1, 0.15) is 11.3 Å². The molecule has 1 aromatic heterocycles. The Morgan fingerprint density at radius 2 is 2.17 bits per heavy atom. The van der Waals surface area contributed by atoms with Crippen LogP contribution in [0.3, 0.4) is 0 Å². The van der Waals surface area contributed by atoms with Crippen LogP contribution in [-0.2, 0) is 11.2 Å². The van der Waals surface area contributed by atoms with E-state index in [1.807, 2.05) is 35.2 Å². The number of carbonyl (C=O) groups is 1. The van der Waals surface area contributed by atoms with Gasteiger partial charge in [-0.3, -0.25) is 4.79 Å². The van der Waals surface area contributed by atoms with Crippen molar-refractivity contribution in [3.05, 3.63) is 41.7 Å². The molecule has 0 spiro atoms. The van der Waals surface area contributed by atoms with E-state index in [-0.39, 0.29) is 5.91 Å². The molecule has 4 nitrogen and oxygen atoms in total. The Bertz CT molecular complexity index is 745. The normalized spacial score (nSPS) is 18.8. The summed E-state index contributed by atoms with van der Waals surface area (Å²) in [6.45, 7) is 3.73. The monoisotopic (exact) mass is 326 g/mol. The van der Waals surface area contributed by atoms with Gasteiger partial charge >= 0.3 is 0 Å². The van der Waals surface area contributed by atoms with Gasteiger partial charge in [0.2, 0.25) is 5.91 Å². The van der Waals surface area contributed by atoms with Gasteiger partial charge in [-0.1, -0.05) is 25.1 Å². The van der Waals surface area contributed by atoms with Crippen molar-refractivity contribution in [2.75, 3.05) is 27.2 Å². The minimum absolute atomic E-state index is 0.0916. The molecule has 4 heteroatoms. The van der Waals surface area contributed by atoms with Crippen LogP contribution in [0.1, 0.15) is 31.1 Å². The highest BCUT2D eigenvalue weighted by Gasteiger charge is 2.23. The van der Waals surface area contributed by atoms with E-state index in [0.29, 0.717) is 6.04 Å². The van der Waals surface area contributed by atoms with E-state index in [1.165, 1.54) is 0 Å². The zero-order valence-electron chi connectivity index (χ0n) is 14.8. The van der Waals surface area contributed by atoms with E-state index in [4.69, 9.17) is 4.42 Å². The summed E-state index contributed by atoms with van der Waals surface area (Å²) in [5, 5.41) is 1.07. The Balaban J connectivity index is 1.79. The lowest BCUT2D eigenvalue weighted by Gasteiger charge is -2.35. The minimum Gasteiger partial charge on any atom is -0.460 e. The third kappa shape index (κ3) is 3.39. The van der Waals surface area contributed by atoms with Crippen molar-refractivity contribution < 1.29 is 9.21 Å². The number of hydrogen-bond donors (Lipinski definition) is 0. The van der Waals surface area contributed by atoms with Gasteiger partial charge in [0.25, 0.3) is 0 Å². The van der Waals surface area contributed by atoms with Crippen molar-refractivity contribution in [1.29, 1.82) is 0 Å². The number of piperidine rings is 1. The molecule has 1 amide bonds. The van der Waals surface area contributed by atoms with Crippen molar-refractivity contribution >= 4 is 23.0 Å².